The van der Waals surface area contributed by atoms with E-state index < -0.39 is 30.0 Å². The van der Waals surface area contributed by atoms with Crippen LogP contribution in [0.5, 0.6) is 5.75 Å². The molecule has 0 aliphatic carbocycles. The minimum Gasteiger partial charge on any atom is -0.496 e. The molecule has 2 N–H and O–H groups in total. The van der Waals surface area contributed by atoms with Gasteiger partial charge in [-0.2, -0.15) is 13.2 Å². The van der Waals surface area contributed by atoms with Crippen LogP contribution in [0.3, 0.4) is 0 Å². The third-order valence-corrected chi connectivity index (χ3v) is 6.85. The number of alkyl halides is 3. The van der Waals surface area contributed by atoms with E-state index in [0.29, 0.717) is 39.3 Å². The van der Waals surface area contributed by atoms with Gasteiger partial charge in [0.2, 0.25) is 0 Å². The van der Waals surface area contributed by atoms with Gasteiger partial charge < -0.3 is 15.2 Å². The summed E-state index contributed by atoms with van der Waals surface area (Å²) in [5.41, 5.74) is 8.93. The fourth-order valence-electron chi connectivity index (χ4n) is 4.88. The fraction of sp³-hybridized carbons (Fsp3) is 0.345. The number of hydrogen-bond acceptors (Lipinski definition) is 4. The largest absolute Gasteiger partial charge is 0.496 e. The van der Waals surface area contributed by atoms with Crippen LogP contribution in [0.4, 0.5) is 28.0 Å². The Hall–Kier alpha value is -3.75. The topological polar surface area (TPSA) is 64.8 Å². The second kappa shape index (κ2) is 10.2. The fourth-order valence-corrected chi connectivity index (χ4v) is 4.88. The molecule has 3 aromatic carbocycles. The van der Waals surface area contributed by atoms with Gasteiger partial charge in [-0.1, -0.05) is 31.5 Å². The van der Waals surface area contributed by atoms with Gasteiger partial charge in [0, 0.05) is 17.3 Å². The van der Waals surface area contributed by atoms with E-state index in [1.807, 2.05) is 13.8 Å². The highest BCUT2D eigenvalue weighted by molar-refractivity contribution is 5.77. The number of carbonyl (C=O) groups excluding carboxylic acids is 1. The van der Waals surface area contributed by atoms with Crippen molar-refractivity contribution in [2.75, 3.05) is 12.8 Å². The quantitative estimate of drug-likeness (QED) is 0.263. The molecule has 4 rings (SSSR count). The maximum Gasteiger partial charge on any atom is 0.416 e. The van der Waals surface area contributed by atoms with Crippen molar-refractivity contribution in [3.8, 4) is 16.9 Å². The Morgan fingerprint density at radius 2 is 1.79 bits per heavy atom. The highest BCUT2D eigenvalue weighted by Crippen LogP contribution is 2.41. The Morgan fingerprint density at radius 1 is 1.08 bits per heavy atom. The summed E-state index contributed by atoms with van der Waals surface area (Å²) in [6.07, 6.45) is -6.06. The van der Waals surface area contributed by atoms with Gasteiger partial charge in [0.15, 0.2) is 0 Å². The molecule has 1 aliphatic rings. The summed E-state index contributed by atoms with van der Waals surface area (Å²) in [6.45, 7) is 7.14. The molecule has 1 saturated heterocycles. The number of nitrogens with zero attached hydrogens (tertiary/aromatic N) is 1. The number of ether oxygens (including phenoxy) is 2. The molecule has 0 aromatic heterocycles. The number of aryl methyl sites for hydroxylation is 1. The van der Waals surface area contributed by atoms with Gasteiger partial charge in [-0.05, 0) is 72.4 Å². The van der Waals surface area contributed by atoms with Gasteiger partial charge in [0.1, 0.15) is 17.7 Å². The molecule has 3 aromatic rings. The van der Waals surface area contributed by atoms with Crippen LogP contribution < -0.4 is 10.5 Å². The molecular weight excluding hydrogens is 500 g/mol. The lowest BCUT2D eigenvalue weighted by molar-refractivity contribution is -0.137. The van der Waals surface area contributed by atoms with Crippen LogP contribution in [-0.2, 0) is 17.5 Å². The SMILES string of the molecule is COc1cc(F)c(C(C)C)cc1-c1ccc(N)cc1CN1C(=O)OC(c2cc(C)cc(C(F)(F)F)c2)[C@@H]1C. The van der Waals surface area contributed by atoms with Crippen LogP contribution in [0, 0.1) is 12.7 Å². The zero-order valence-corrected chi connectivity index (χ0v) is 21.8. The summed E-state index contributed by atoms with van der Waals surface area (Å²) in [7, 11) is 1.45. The number of halogens is 4. The van der Waals surface area contributed by atoms with Crippen LogP contribution in [0.15, 0.2) is 48.5 Å². The first-order valence-electron chi connectivity index (χ1n) is 12.2. The predicted molar refractivity (Wildman–Crippen MR) is 137 cm³/mol. The van der Waals surface area contributed by atoms with E-state index in [2.05, 4.69) is 0 Å². The van der Waals surface area contributed by atoms with E-state index in [4.69, 9.17) is 15.2 Å². The second-order valence-corrected chi connectivity index (χ2v) is 9.95. The number of nitrogen functional groups attached to an aromatic ring is 1. The van der Waals surface area contributed by atoms with Gasteiger partial charge in [-0.25, -0.2) is 9.18 Å². The number of cyclic esters (lactones) is 1. The van der Waals surface area contributed by atoms with Crippen LogP contribution >= 0.6 is 0 Å². The minimum atomic E-state index is -4.52. The first-order chi connectivity index (χ1) is 17.8. The van der Waals surface area contributed by atoms with Crippen molar-refractivity contribution in [3.63, 3.8) is 0 Å². The molecule has 1 fully saturated rings. The third-order valence-electron chi connectivity index (χ3n) is 6.85. The summed E-state index contributed by atoms with van der Waals surface area (Å²) in [6, 6.07) is 11.4. The smallest absolute Gasteiger partial charge is 0.416 e. The van der Waals surface area contributed by atoms with Crippen molar-refractivity contribution in [1.29, 1.82) is 0 Å². The summed E-state index contributed by atoms with van der Waals surface area (Å²) >= 11 is 0. The number of nitrogens with two attached hydrogens (primary N) is 1. The molecule has 1 heterocycles. The van der Waals surface area contributed by atoms with Gasteiger partial charge >= 0.3 is 12.3 Å². The number of amides is 1. The van der Waals surface area contributed by atoms with E-state index in [0.717, 1.165) is 12.1 Å². The van der Waals surface area contributed by atoms with Crippen LogP contribution in [0.1, 0.15) is 60.6 Å². The first kappa shape index (κ1) is 27.3. The Morgan fingerprint density at radius 3 is 2.42 bits per heavy atom. The van der Waals surface area contributed by atoms with Gasteiger partial charge in [-0.3, -0.25) is 4.90 Å². The average molecular weight is 531 g/mol. The van der Waals surface area contributed by atoms with Crippen LogP contribution in [-0.4, -0.2) is 24.1 Å². The maximum atomic E-state index is 14.7. The standard InChI is InChI=1S/C29H30F4N2O3/c1-15(2)23-12-24(26(37-5)13-25(23)30)22-7-6-21(34)11-19(22)14-35-17(4)27(38-28(35)36)18-8-16(3)9-20(10-18)29(31,32)33/h6-13,15,17,27H,14,34H2,1-5H3/t17-,27?/m0/s1. The third kappa shape index (κ3) is 5.28. The Labute approximate surface area is 219 Å². The molecular formula is C29H30F4N2O3. The molecule has 0 saturated carbocycles. The van der Waals surface area contributed by atoms with Crippen molar-refractivity contribution in [3.05, 3.63) is 82.2 Å². The number of methoxy groups -OCH3 is 1. The lowest BCUT2D eigenvalue weighted by Gasteiger charge is -2.24. The molecule has 5 nitrogen and oxygen atoms in total. The molecule has 2 atom stereocenters. The van der Waals surface area contributed by atoms with E-state index in [1.165, 1.54) is 18.1 Å². The lowest BCUT2D eigenvalue weighted by Crippen LogP contribution is -2.31. The zero-order valence-electron chi connectivity index (χ0n) is 21.8. The summed E-state index contributed by atoms with van der Waals surface area (Å²) in [5.74, 6) is -0.136. The summed E-state index contributed by atoms with van der Waals surface area (Å²) in [5, 5.41) is 0. The number of hydrogen-bond donors (Lipinski definition) is 1. The van der Waals surface area contributed by atoms with Crippen LogP contribution in [0.25, 0.3) is 11.1 Å². The van der Waals surface area contributed by atoms with E-state index in [9.17, 15) is 22.4 Å². The second-order valence-electron chi connectivity index (χ2n) is 9.95. The van der Waals surface area contributed by atoms with E-state index in [-0.39, 0.29) is 23.8 Å². The molecule has 0 spiro atoms. The summed E-state index contributed by atoms with van der Waals surface area (Å²) in [4.78, 5) is 14.4. The molecule has 38 heavy (non-hydrogen) atoms. The molecule has 1 aliphatic heterocycles. The molecule has 1 amide bonds. The van der Waals surface area contributed by atoms with Crippen molar-refractivity contribution < 1.29 is 31.8 Å². The van der Waals surface area contributed by atoms with Gasteiger partial charge in [0.05, 0.1) is 25.3 Å². The van der Waals surface area contributed by atoms with Crippen molar-refractivity contribution >= 4 is 11.8 Å². The highest BCUT2D eigenvalue weighted by atomic mass is 19.4. The number of rotatable bonds is 6. The Kier molecular flexibility index (Phi) is 7.32. The molecule has 0 radical (unpaired) electrons. The van der Waals surface area contributed by atoms with Crippen LogP contribution in [0.2, 0.25) is 0 Å². The average Bonchev–Trinajstić information content (AvgIpc) is 3.11. The molecule has 1 unspecified atom stereocenters. The van der Waals surface area contributed by atoms with Crippen molar-refractivity contribution in [2.24, 2.45) is 0 Å². The highest BCUT2D eigenvalue weighted by Gasteiger charge is 2.41. The van der Waals surface area contributed by atoms with Crippen molar-refractivity contribution in [1.82, 2.24) is 4.90 Å². The monoisotopic (exact) mass is 530 g/mol. The Balaban J connectivity index is 1.72. The number of anilines is 1. The van der Waals surface area contributed by atoms with Gasteiger partial charge in [0.25, 0.3) is 0 Å². The van der Waals surface area contributed by atoms with E-state index >= 15 is 0 Å². The predicted octanol–water partition coefficient (Wildman–Crippen LogP) is 7.62. The minimum absolute atomic E-state index is 0.0758. The molecule has 202 valence electrons. The Bertz CT molecular complexity index is 1370. The van der Waals surface area contributed by atoms with E-state index in [1.54, 1.807) is 44.2 Å². The number of carbonyl (C=O) groups is 1. The molecule has 0 bridgehead atoms. The number of benzene rings is 3. The summed E-state index contributed by atoms with van der Waals surface area (Å²) < 4.78 is 66.0. The zero-order chi connectivity index (χ0) is 27.9. The lowest BCUT2D eigenvalue weighted by atomic mass is 9.92. The normalized spacial score (nSPS) is 17.7. The van der Waals surface area contributed by atoms with Crippen molar-refractivity contribution in [2.45, 2.75) is 58.5 Å². The molecule has 9 heteroatoms. The van der Waals surface area contributed by atoms with Gasteiger partial charge in [-0.15, -0.1) is 0 Å². The first-order valence-corrected chi connectivity index (χ1v) is 12.2. The maximum absolute atomic E-state index is 14.7.